The average Bonchev–Trinajstić information content (AvgIpc) is 3.73. The molecule has 18 nitrogen and oxygen atoms in total. The Hall–Kier alpha value is -4.16. The summed E-state index contributed by atoms with van der Waals surface area (Å²) in [5, 5.41) is 0. The van der Waals surface area contributed by atoms with Gasteiger partial charge in [0.1, 0.15) is 18.4 Å². The van der Waals surface area contributed by atoms with E-state index < -0.39 is 114 Å². The molecule has 0 saturated carbocycles. The SMILES string of the molecule is C[C@H]([C@H]1C[C@H](CC[C@H](OS(C)(=O)=O)[C@@H](C)C(=O)C[C@H](CC[C@@H](OS(C)(=O)=O)[C@H](C)C(=O)N2C(=O)OC[C@@H]2c2ccccc2)OCc2ccccc2)OC(C)(C)O1)[C@@H](CC[C@@H](C)OCc1ccccc1)OS(C)(=O)=O. The first-order valence-electron chi connectivity index (χ1n) is 25.1. The largest absolute Gasteiger partial charge is 0.446 e. The Morgan fingerprint density at radius 3 is 1.70 bits per heavy atom. The van der Waals surface area contributed by atoms with Gasteiger partial charge < -0.3 is 23.7 Å². The second-order valence-electron chi connectivity index (χ2n) is 20.1. The van der Waals surface area contributed by atoms with Crippen LogP contribution in [-0.2, 0) is 89.4 Å². The number of cyclic esters (lactones) is 1. The molecule has 0 unspecified atom stereocenters. The van der Waals surface area contributed by atoms with E-state index in [9.17, 15) is 39.6 Å². The van der Waals surface area contributed by atoms with E-state index in [2.05, 4.69) is 0 Å². The maximum Gasteiger partial charge on any atom is 0.417 e. The van der Waals surface area contributed by atoms with E-state index >= 15 is 0 Å². The van der Waals surface area contributed by atoms with E-state index in [-0.39, 0.29) is 51.4 Å². The van der Waals surface area contributed by atoms with Gasteiger partial charge in [-0.3, -0.25) is 22.1 Å². The van der Waals surface area contributed by atoms with E-state index in [0.717, 1.165) is 34.8 Å². The summed E-state index contributed by atoms with van der Waals surface area (Å²) >= 11 is 0. The van der Waals surface area contributed by atoms with Crippen molar-refractivity contribution >= 4 is 48.1 Å². The van der Waals surface area contributed by atoms with Crippen molar-refractivity contribution in [3.63, 3.8) is 0 Å². The zero-order chi connectivity index (χ0) is 54.4. The second-order valence-corrected chi connectivity index (χ2v) is 24.9. The number of rotatable bonds is 30. The summed E-state index contributed by atoms with van der Waals surface area (Å²) in [6, 6.07) is 26.9. The van der Waals surface area contributed by atoms with Gasteiger partial charge in [0.05, 0.1) is 80.6 Å². The topological polar surface area (TPSA) is 231 Å². The molecule has 74 heavy (non-hydrogen) atoms. The van der Waals surface area contributed by atoms with Crippen molar-refractivity contribution < 1.29 is 75.9 Å². The fraction of sp³-hybridized carbons (Fsp3) is 0.604. The van der Waals surface area contributed by atoms with Crippen LogP contribution in [-0.4, -0.2) is 122 Å². The lowest BCUT2D eigenvalue weighted by atomic mass is 9.87. The Kier molecular flexibility index (Phi) is 22.3. The normalized spacial score (nSPS) is 21.7. The molecule has 2 amide bonds. The molecule has 21 heteroatoms. The number of hydrogen-bond acceptors (Lipinski definition) is 17. The monoisotopic (exact) mass is 1090 g/mol. The molecular weight excluding hydrogens is 1020 g/mol. The molecule has 2 heterocycles. The minimum Gasteiger partial charge on any atom is -0.446 e. The second kappa shape index (κ2) is 27.2. The molecule has 0 radical (unpaired) electrons. The predicted octanol–water partition coefficient (Wildman–Crippen LogP) is 8.05. The lowest BCUT2D eigenvalue weighted by molar-refractivity contribution is -0.311. The molecule has 11 atom stereocenters. The van der Waals surface area contributed by atoms with Crippen LogP contribution >= 0.6 is 0 Å². The van der Waals surface area contributed by atoms with E-state index in [1.54, 1.807) is 51.1 Å². The number of ketones is 1. The minimum atomic E-state index is -4.15. The van der Waals surface area contributed by atoms with Gasteiger partial charge in [0.2, 0.25) is 5.91 Å². The summed E-state index contributed by atoms with van der Waals surface area (Å²) in [5.74, 6) is -4.88. The van der Waals surface area contributed by atoms with Crippen LogP contribution in [0.15, 0.2) is 91.0 Å². The van der Waals surface area contributed by atoms with E-state index in [1.165, 1.54) is 6.92 Å². The van der Waals surface area contributed by atoms with Gasteiger partial charge in [-0.2, -0.15) is 25.3 Å². The number of Topliss-reactive ketones (excluding diaryl/α,β-unsaturated/α-hetero) is 1. The lowest BCUT2D eigenvalue weighted by Crippen LogP contribution is -2.49. The highest BCUT2D eigenvalue weighted by Gasteiger charge is 2.44. The van der Waals surface area contributed by atoms with Gasteiger partial charge in [0, 0.05) is 24.7 Å². The van der Waals surface area contributed by atoms with Crippen LogP contribution in [0.25, 0.3) is 0 Å². The van der Waals surface area contributed by atoms with Crippen LogP contribution in [0.5, 0.6) is 0 Å². The van der Waals surface area contributed by atoms with Crippen LogP contribution in [0.3, 0.4) is 0 Å². The highest BCUT2D eigenvalue weighted by molar-refractivity contribution is 7.86. The van der Waals surface area contributed by atoms with Gasteiger partial charge >= 0.3 is 6.09 Å². The molecule has 0 spiro atoms. The number of ether oxygens (including phenoxy) is 5. The van der Waals surface area contributed by atoms with Gasteiger partial charge in [-0.15, -0.1) is 0 Å². The van der Waals surface area contributed by atoms with Crippen molar-refractivity contribution in [3.8, 4) is 0 Å². The summed E-state index contributed by atoms with van der Waals surface area (Å²) in [4.78, 5) is 42.4. The Labute approximate surface area is 438 Å². The van der Waals surface area contributed by atoms with E-state index in [1.807, 2.05) is 74.5 Å². The highest BCUT2D eigenvalue weighted by atomic mass is 32.2. The molecule has 0 bridgehead atoms. The van der Waals surface area contributed by atoms with Gasteiger partial charge in [-0.05, 0) is 76.0 Å². The van der Waals surface area contributed by atoms with Crippen molar-refractivity contribution in [2.75, 3.05) is 25.4 Å². The number of carbonyl (C=O) groups is 3. The maximum atomic E-state index is 14.4. The summed E-state index contributed by atoms with van der Waals surface area (Å²) < 4.78 is 123. The molecule has 0 aromatic heterocycles. The minimum absolute atomic E-state index is 0.0154. The molecule has 2 fully saturated rings. The molecule has 2 aliphatic rings. The van der Waals surface area contributed by atoms with Crippen LogP contribution in [0.2, 0.25) is 0 Å². The number of nitrogens with zero attached hydrogens (tertiary/aromatic N) is 1. The van der Waals surface area contributed by atoms with Crippen molar-refractivity contribution in [3.05, 3.63) is 108 Å². The number of benzene rings is 3. The van der Waals surface area contributed by atoms with Crippen molar-refractivity contribution in [1.29, 1.82) is 0 Å². The predicted molar refractivity (Wildman–Crippen MR) is 275 cm³/mol. The van der Waals surface area contributed by atoms with Gasteiger partial charge in [-0.1, -0.05) is 112 Å². The number of amides is 2. The fourth-order valence-corrected chi connectivity index (χ4v) is 11.5. The lowest BCUT2D eigenvalue weighted by Gasteiger charge is -2.44. The van der Waals surface area contributed by atoms with Crippen LogP contribution in [0, 0.1) is 17.8 Å². The molecule has 3 aromatic carbocycles. The van der Waals surface area contributed by atoms with Gasteiger partial charge in [0.15, 0.2) is 5.79 Å². The maximum absolute atomic E-state index is 14.4. The quantitative estimate of drug-likeness (QED) is 0.0575. The molecule has 3 aromatic rings. The van der Waals surface area contributed by atoms with Crippen LogP contribution in [0.4, 0.5) is 4.79 Å². The third-order valence-corrected chi connectivity index (χ3v) is 15.1. The number of imide groups is 1. The van der Waals surface area contributed by atoms with Gasteiger partial charge in [0.25, 0.3) is 30.4 Å². The highest BCUT2D eigenvalue weighted by Crippen LogP contribution is 2.37. The van der Waals surface area contributed by atoms with Crippen molar-refractivity contribution in [1.82, 2.24) is 4.90 Å². The Bertz CT molecular complexity index is 2600. The summed E-state index contributed by atoms with van der Waals surface area (Å²) in [7, 11) is -12.1. The average molecular weight is 1090 g/mol. The third kappa shape index (κ3) is 20.1. The van der Waals surface area contributed by atoms with Crippen molar-refractivity contribution in [2.45, 2.75) is 161 Å². The van der Waals surface area contributed by atoms with Gasteiger partial charge in [-0.25, -0.2) is 9.69 Å². The fourth-order valence-electron chi connectivity index (χ4n) is 9.33. The Morgan fingerprint density at radius 2 is 1.15 bits per heavy atom. The molecule has 2 aliphatic heterocycles. The Balaban J connectivity index is 1.29. The first kappa shape index (κ1) is 60.7. The molecule has 5 rings (SSSR count). The van der Waals surface area contributed by atoms with Crippen molar-refractivity contribution in [2.24, 2.45) is 17.8 Å². The van der Waals surface area contributed by atoms with Crippen LogP contribution < -0.4 is 0 Å². The molecule has 0 aliphatic carbocycles. The van der Waals surface area contributed by atoms with E-state index in [0.29, 0.717) is 31.4 Å². The van der Waals surface area contributed by atoms with Crippen LogP contribution in [0.1, 0.15) is 116 Å². The molecule has 2 saturated heterocycles. The standard InChI is InChI=1S/C53H75NO17S3/c1-36(64-33-40-19-13-10-14-20-40)25-28-48(70-73(8,60)61)38(3)50-32-44(67-53(5,6)68-50)27-30-47(69-72(7,58)59)37(2)46(55)31-43(65-34-41-21-15-11-16-22-41)26-29-49(71-74(9,62)63)39(4)51(56)54-45(35-66-52(54)57)42-23-17-12-18-24-42/h10-24,36-39,43-45,47-50H,25-35H2,1-9H3/t36-,37+,38+,39+,43+,44+,45-,47+,48-,49-,50-/m1/s1. The van der Waals surface area contributed by atoms with E-state index in [4.69, 9.17) is 36.2 Å². The first-order valence-corrected chi connectivity index (χ1v) is 30.5. The summed E-state index contributed by atoms with van der Waals surface area (Å²) in [5.41, 5.74) is 2.44. The number of carbonyl (C=O) groups excluding carboxylic acids is 3. The summed E-state index contributed by atoms with van der Waals surface area (Å²) in [6.45, 7) is 10.7. The molecule has 0 N–H and O–H groups in total. The third-order valence-electron chi connectivity index (χ3n) is 13.3. The molecular formula is C53H75NO17S3. The smallest absolute Gasteiger partial charge is 0.417 e. The zero-order valence-electron chi connectivity index (χ0n) is 43.9. The molecule has 412 valence electrons. The number of hydrogen-bond donors (Lipinski definition) is 0. The first-order chi connectivity index (χ1) is 34.7. The zero-order valence-corrected chi connectivity index (χ0v) is 46.4. The Morgan fingerprint density at radius 1 is 0.649 bits per heavy atom. The summed E-state index contributed by atoms with van der Waals surface area (Å²) in [6.07, 6.45) is -2.38.